The van der Waals surface area contributed by atoms with Crippen molar-refractivity contribution in [2.24, 2.45) is 11.8 Å². The molecule has 0 fully saturated rings. The van der Waals surface area contributed by atoms with Gasteiger partial charge >= 0.3 is 39.5 Å². The molecule has 0 aliphatic carbocycles. The van der Waals surface area contributed by atoms with Crippen LogP contribution >= 0.6 is 15.6 Å². The first-order chi connectivity index (χ1) is 37.9. The van der Waals surface area contributed by atoms with Crippen molar-refractivity contribution in [2.75, 3.05) is 39.6 Å². The molecule has 17 nitrogen and oxygen atoms in total. The van der Waals surface area contributed by atoms with Crippen LogP contribution in [-0.4, -0.2) is 96.7 Å². The molecule has 0 radical (unpaired) electrons. The van der Waals surface area contributed by atoms with Crippen LogP contribution in [-0.2, 0) is 65.4 Å². The Morgan fingerprint density at radius 1 is 0.342 bits per heavy atom. The minimum Gasteiger partial charge on any atom is -0.462 e. The maximum absolute atomic E-state index is 12.9. The third-order valence-corrected chi connectivity index (χ3v) is 15.6. The number of phosphoric acid groups is 2. The lowest BCUT2D eigenvalue weighted by Gasteiger charge is -2.21. The highest BCUT2D eigenvalue weighted by Gasteiger charge is 2.30. The van der Waals surface area contributed by atoms with Gasteiger partial charge in [-0.15, -0.1) is 0 Å². The van der Waals surface area contributed by atoms with E-state index in [1.165, 1.54) is 96.3 Å². The van der Waals surface area contributed by atoms with Gasteiger partial charge in [-0.25, -0.2) is 9.13 Å². The summed E-state index contributed by atoms with van der Waals surface area (Å²) in [6.45, 7) is 9.34. The van der Waals surface area contributed by atoms with Crippen LogP contribution in [0.25, 0.3) is 0 Å². The van der Waals surface area contributed by atoms with Gasteiger partial charge in [-0.3, -0.25) is 37.3 Å². The molecule has 0 spiro atoms. The Bertz CT molecular complexity index is 1560. The van der Waals surface area contributed by atoms with Crippen molar-refractivity contribution >= 4 is 39.5 Å². The second-order valence-corrected chi connectivity index (χ2v) is 25.6. The van der Waals surface area contributed by atoms with Crippen LogP contribution in [0.5, 0.6) is 0 Å². The third-order valence-electron chi connectivity index (χ3n) is 13.7. The van der Waals surface area contributed by atoms with Crippen LogP contribution in [0.2, 0.25) is 0 Å². The Labute approximate surface area is 479 Å². The summed E-state index contributed by atoms with van der Waals surface area (Å²) in [5, 5.41) is 10.5. The fraction of sp³-hybridized carbons (Fsp3) is 0.933. The highest BCUT2D eigenvalue weighted by atomic mass is 31.2. The zero-order valence-electron chi connectivity index (χ0n) is 50.7. The molecule has 0 heterocycles. The minimum absolute atomic E-state index is 0.104. The Hall–Kier alpha value is -1.94. The molecule has 79 heavy (non-hydrogen) atoms. The van der Waals surface area contributed by atoms with Crippen molar-refractivity contribution in [1.29, 1.82) is 0 Å². The van der Waals surface area contributed by atoms with Crippen molar-refractivity contribution in [2.45, 2.75) is 310 Å². The quantitative estimate of drug-likeness (QED) is 0.0222. The average Bonchev–Trinajstić information content (AvgIpc) is 3.40. The molecule has 0 aromatic carbocycles. The summed E-state index contributed by atoms with van der Waals surface area (Å²) >= 11 is 0. The van der Waals surface area contributed by atoms with E-state index in [0.29, 0.717) is 25.7 Å². The highest BCUT2D eigenvalue weighted by molar-refractivity contribution is 7.47. The zero-order valence-corrected chi connectivity index (χ0v) is 52.4. The first-order valence-electron chi connectivity index (χ1n) is 31.5. The number of carbonyl (C=O) groups excluding carboxylic acids is 4. The molecule has 0 amide bonds. The molecule has 0 aliphatic heterocycles. The van der Waals surface area contributed by atoms with Crippen LogP contribution < -0.4 is 0 Å². The number of aliphatic hydroxyl groups excluding tert-OH is 1. The van der Waals surface area contributed by atoms with Gasteiger partial charge in [0.1, 0.15) is 19.3 Å². The fourth-order valence-electron chi connectivity index (χ4n) is 8.82. The molecule has 19 heteroatoms. The van der Waals surface area contributed by atoms with E-state index in [1.807, 2.05) is 0 Å². The molecule has 0 rings (SSSR count). The van der Waals surface area contributed by atoms with E-state index < -0.39 is 97.5 Å². The van der Waals surface area contributed by atoms with Gasteiger partial charge in [0, 0.05) is 25.7 Å². The lowest BCUT2D eigenvalue weighted by atomic mass is 10.0. The van der Waals surface area contributed by atoms with Crippen LogP contribution in [0, 0.1) is 11.8 Å². The van der Waals surface area contributed by atoms with Gasteiger partial charge in [0.05, 0.1) is 26.4 Å². The zero-order chi connectivity index (χ0) is 58.7. The summed E-state index contributed by atoms with van der Waals surface area (Å²) in [5.41, 5.74) is 0. The Kier molecular flexibility index (Phi) is 51.5. The molecule has 0 saturated carbocycles. The van der Waals surface area contributed by atoms with Crippen molar-refractivity contribution in [3.05, 3.63) is 0 Å². The number of hydrogen-bond acceptors (Lipinski definition) is 15. The topological polar surface area (TPSA) is 237 Å². The second kappa shape index (κ2) is 52.8. The molecular formula is C60H116O17P2. The smallest absolute Gasteiger partial charge is 0.462 e. The Balaban J connectivity index is 5.22. The predicted molar refractivity (Wildman–Crippen MR) is 312 cm³/mol. The standard InChI is InChI=1S/C60H116O17P2/c1-7-9-11-13-15-16-17-26-32-38-44-59(64)76-55(48-70-57(62)42-36-30-22-14-12-10-8-2)50-74-78(66,67)72-46-54(61)47-73-79(68,69)75-51-56(77-60(65)45-39-33-27-21-19-24-29-35-41-53(5)6)49-71-58(63)43-37-31-25-20-18-23-28-34-40-52(3)4/h52-56,61H,7-51H2,1-6H3,(H,66,67)(H,68,69)/t54-,55+,56+/m0/s1. The number of hydrogen-bond donors (Lipinski definition) is 3. The minimum atomic E-state index is -4.94. The van der Waals surface area contributed by atoms with Crippen LogP contribution in [0.3, 0.4) is 0 Å². The normalized spacial score (nSPS) is 14.4. The van der Waals surface area contributed by atoms with Gasteiger partial charge in [0.2, 0.25) is 0 Å². The summed E-state index contributed by atoms with van der Waals surface area (Å²) in [6, 6.07) is 0. The SMILES string of the molecule is CCCCCCCCCCCCC(=O)O[C@H](COC(=O)CCCCCCCCC)COP(=O)(O)OC[C@H](O)COP(=O)(O)OC[C@@H](COC(=O)CCCCCCCCCCC(C)C)OC(=O)CCCCCCCCCCC(C)C. The number of rotatable bonds is 59. The summed E-state index contributed by atoms with van der Waals surface area (Å²) in [4.78, 5) is 71.9. The van der Waals surface area contributed by atoms with Gasteiger partial charge in [-0.2, -0.15) is 0 Å². The van der Waals surface area contributed by atoms with Gasteiger partial charge < -0.3 is 33.8 Å². The molecule has 3 N–H and O–H groups in total. The monoisotopic (exact) mass is 1170 g/mol. The van der Waals surface area contributed by atoms with E-state index in [1.54, 1.807) is 0 Å². The molecule has 5 atom stereocenters. The number of phosphoric ester groups is 2. The van der Waals surface area contributed by atoms with Gasteiger partial charge in [0.25, 0.3) is 0 Å². The maximum atomic E-state index is 12.9. The molecule has 0 saturated heterocycles. The number of unbranched alkanes of at least 4 members (excludes halogenated alkanes) is 29. The van der Waals surface area contributed by atoms with Crippen LogP contribution in [0.4, 0.5) is 0 Å². The van der Waals surface area contributed by atoms with Crippen molar-refractivity contribution in [1.82, 2.24) is 0 Å². The van der Waals surface area contributed by atoms with Gasteiger partial charge in [-0.1, -0.05) is 241 Å². The summed E-state index contributed by atoms with van der Waals surface area (Å²) < 4.78 is 67.7. The molecular weight excluding hydrogens is 1050 g/mol. The summed E-state index contributed by atoms with van der Waals surface area (Å²) in [5.74, 6) is -0.701. The van der Waals surface area contributed by atoms with Crippen molar-refractivity contribution in [3.63, 3.8) is 0 Å². The lowest BCUT2D eigenvalue weighted by molar-refractivity contribution is -0.161. The first-order valence-corrected chi connectivity index (χ1v) is 34.5. The predicted octanol–water partition coefficient (Wildman–Crippen LogP) is 16.1. The molecule has 2 unspecified atom stereocenters. The Morgan fingerprint density at radius 2 is 0.582 bits per heavy atom. The molecule has 0 aliphatic rings. The highest BCUT2D eigenvalue weighted by Crippen LogP contribution is 2.45. The Morgan fingerprint density at radius 3 is 0.861 bits per heavy atom. The summed E-state index contributed by atoms with van der Waals surface area (Å²) in [6.07, 6.45) is 33.6. The maximum Gasteiger partial charge on any atom is 0.472 e. The van der Waals surface area contributed by atoms with Gasteiger partial charge in [0.15, 0.2) is 12.2 Å². The lowest BCUT2D eigenvalue weighted by Crippen LogP contribution is -2.30. The fourth-order valence-corrected chi connectivity index (χ4v) is 10.4. The summed E-state index contributed by atoms with van der Waals surface area (Å²) in [7, 11) is -9.87. The number of esters is 4. The van der Waals surface area contributed by atoms with Crippen molar-refractivity contribution in [3.8, 4) is 0 Å². The van der Waals surface area contributed by atoms with Gasteiger partial charge in [-0.05, 0) is 37.5 Å². The number of carbonyl (C=O) groups is 4. The largest absolute Gasteiger partial charge is 0.472 e. The van der Waals surface area contributed by atoms with E-state index in [-0.39, 0.29) is 25.7 Å². The van der Waals surface area contributed by atoms with E-state index >= 15 is 0 Å². The van der Waals surface area contributed by atoms with Crippen molar-refractivity contribution < 1.29 is 80.2 Å². The average molecular weight is 1170 g/mol. The molecule has 468 valence electrons. The third kappa shape index (κ3) is 55.0. The van der Waals surface area contributed by atoms with Crippen LogP contribution in [0.15, 0.2) is 0 Å². The first kappa shape index (κ1) is 77.1. The molecule has 0 aromatic rings. The van der Waals surface area contributed by atoms with Crippen LogP contribution in [0.1, 0.15) is 292 Å². The second-order valence-electron chi connectivity index (χ2n) is 22.7. The number of ether oxygens (including phenoxy) is 4. The molecule has 0 aromatic heterocycles. The molecule has 0 bridgehead atoms. The number of aliphatic hydroxyl groups is 1. The van der Waals surface area contributed by atoms with E-state index in [4.69, 9.17) is 37.0 Å². The van der Waals surface area contributed by atoms with E-state index in [9.17, 15) is 43.2 Å². The van der Waals surface area contributed by atoms with E-state index in [0.717, 1.165) is 115 Å². The van der Waals surface area contributed by atoms with E-state index in [2.05, 4.69) is 41.5 Å².